The molecule has 20 heavy (non-hydrogen) atoms. The fraction of sp³-hybridized carbons (Fsp3) is 0.400. The van der Waals surface area contributed by atoms with Crippen LogP contribution in [0, 0.1) is 0 Å². The molecular formula is C15H20BrNO3. The molecule has 0 aliphatic carbocycles. The quantitative estimate of drug-likeness (QED) is 0.772. The predicted molar refractivity (Wildman–Crippen MR) is 85.2 cm³/mol. The minimum absolute atomic E-state index is 0.288. The third-order valence-electron chi connectivity index (χ3n) is 2.87. The highest BCUT2D eigenvalue weighted by atomic mass is 79.9. The number of carboxylic acid groups (broad SMARTS) is 1. The van der Waals surface area contributed by atoms with Gasteiger partial charge in [-0.1, -0.05) is 22.0 Å². The number of hydrogen-bond donors (Lipinski definition) is 1. The monoisotopic (exact) mass is 341 g/mol. The highest BCUT2D eigenvalue weighted by molar-refractivity contribution is 9.10. The molecule has 0 aromatic heterocycles. The third kappa shape index (κ3) is 4.98. The largest absolute Gasteiger partial charge is 0.478 e. The Kier molecular flexibility index (Phi) is 6.75. The van der Waals surface area contributed by atoms with Gasteiger partial charge in [0.2, 0.25) is 0 Å². The molecule has 1 rings (SSSR count). The molecule has 0 atom stereocenters. The molecule has 0 heterocycles. The zero-order chi connectivity index (χ0) is 15.1. The number of benzene rings is 1. The molecule has 0 aliphatic heterocycles. The van der Waals surface area contributed by atoms with E-state index in [0.29, 0.717) is 6.61 Å². The lowest BCUT2D eigenvalue weighted by atomic mass is 10.1. The molecule has 0 unspecified atom stereocenters. The molecule has 0 amide bonds. The van der Waals surface area contributed by atoms with Crippen LogP contribution >= 0.6 is 15.9 Å². The van der Waals surface area contributed by atoms with E-state index in [1.165, 1.54) is 0 Å². The van der Waals surface area contributed by atoms with Gasteiger partial charge in [0, 0.05) is 35.9 Å². The van der Waals surface area contributed by atoms with E-state index in [2.05, 4.69) is 34.7 Å². The van der Waals surface area contributed by atoms with E-state index in [4.69, 9.17) is 9.84 Å². The van der Waals surface area contributed by atoms with Gasteiger partial charge < -0.3 is 14.7 Å². The number of anilines is 1. The van der Waals surface area contributed by atoms with Crippen LogP contribution in [0.15, 0.2) is 28.7 Å². The first-order valence-electron chi connectivity index (χ1n) is 6.42. The Balaban J connectivity index is 3.16. The van der Waals surface area contributed by atoms with E-state index in [1.807, 2.05) is 18.2 Å². The minimum atomic E-state index is -0.952. The van der Waals surface area contributed by atoms with Crippen LogP contribution < -0.4 is 4.90 Å². The lowest BCUT2D eigenvalue weighted by Crippen LogP contribution is -2.34. The molecule has 5 heteroatoms. The van der Waals surface area contributed by atoms with E-state index in [0.717, 1.165) is 28.3 Å². The number of carbonyl (C=O) groups is 1. The van der Waals surface area contributed by atoms with Crippen molar-refractivity contribution in [1.82, 2.24) is 0 Å². The van der Waals surface area contributed by atoms with Crippen molar-refractivity contribution in [2.75, 3.05) is 25.2 Å². The SMILES string of the molecule is COCCN(c1cc(Br)ccc1/C=C/C(=O)O)C(C)C. The molecule has 0 fully saturated rings. The first kappa shape index (κ1) is 16.7. The van der Waals surface area contributed by atoms with Crippen molar-refractivity contribution in [3.05, 3.63) is 34.3 Å². The van der Waals surface area contributed by atoms with Crippen LogP contribution in [0.5, 0.6) is 0 Å². The van der Waals surface area contributed by atoms with Crippen LogP contribution in [-0.4, -0.2) is 37.4 Å². The van der Waals surface area contributed by atoms with Gasteiger partial charge in [0.15, 0.2) is 0 Å². The Morgan fingerprint density at radius 3 is 2.75 bits per heavy atom. The predicted octanol–water partition coefficient (Wildman–Crippen LogP) is 3.41. The summed E-state index contributed by atoms with van der Waals surface area (Å²) in [6, 6.07) is 6.09. The summed E-state index contributed by atoms with van der Waals surface area (Å²) in [5.74, 6) is -0.952. The van der Waals surface area contributed by atoms with E-state index in [-0.39, 0.29) is 6.04 Å². The van der Waals surface area contributed by atoms with Gasteiger partial charge in [-0.3, -0.25) is 0 Å². The summed E-state index contributed by atoms with van der Waals surface area (Å²) in [6.45, 7) is 5.56. The number of carboxylic acids is 1. The number of methoxy groups -OCH3 is 1. The summed E-state index contributed by atoms with van der Waals surface area (Å²) < 4.78 is 6.11. The van der Waals surface area contributed by atoms with Gasteiger partial charge in [0.25, 0.3) is 0 Å². The maximum Gasteiger partial charge on any atom is 0.328 e. The van der Waals surface area contributed by atoms with Crippen molar-refractivity contribution in [2.45, 2.75) is 19.9 Å². The van der Waals surface area contributed by atoms with Crippen molar-refractivity contribution in [3.8, 4) is 0 Å². The summed E-state index contributed by atoms with van der Waals surface area (Å²) in [7, 11) is 1.67. The van der Waals surface area contributed by atoms with Gasteiger partial charge in [-0.25, -0.2) is 4.79 Å². The summed E-state index contributed by atoms with van der Waals surface area (Å²) in [6.07, 6.45) is 2.77. The maximum absolute atomic E-state index is 10.7. The Hall–Kier alpha value is -1.33. The third-order valence-corrected chi connectivity index (χ3v) is 3.36. The second-order valence-corrected chi connectivity index (χ2v) is 5.57. The summed E-state index contributed by atoms with van der Waals surface area (Å²) in [5.41, 5.74) is 1.87. The fourth-order valence-electron chi connectivity index (χ4n) is 1.91. The van der Waals surface area contributed by atoms with Gasteiger partial charge in [-0.2, -0.15) is 0 Å². The molecule has 0 saturated heterocycles. The molecule has 1 N–H and O–H groups in total. The molecule has 110 valence electrons. The average Bonchev–Trinajstić information content (AvgIpc) is 2.37. The van der Waals surface area contributed by atoms with Crippen LogP contribution in [-0.2, 0) is 9.53 Å². The fourth-order valence-corrected chi connectivity index (χ4v) is 2.26. The highest BCUT2D eigenvalue weighted by Crippen LogP contribution is 2.27. The van der Waals surface area contributed by atoms with Crippen molar-refractivity contribution in [2.24, 2.45) is 0 Å². The standard InChI is InChI=1S/C15H20BrNO3/c1-11(2)17(8-9-20-3)14-10-13(16)6-4-12(14)5-7-15(18)19/h4-7,10-11H,8-9H2,1-3H3,(H,18,19)/b7-5+. The van der Waals surface area contributed by atoms with Crippen molar-refractivity contribution < 1.29 is 14.6 Å². The Morgan fingerprint density at radius 2 is 2.20 bits per heavy atom. The summed E-state index contributed by atoms with van der Waals surface area (Å²) in [4.78, 5) is 12.9. The number of nitrogens with zero attached hydrogens (tertiary/aromatic N) is 1. The lowest BCUT2D eigenvalue weighted by Gasteiger charge is -2.30. The van der Waals surface area contributed by atoms with Crippen molar-refractivity contribution in [1.29, 1.82) is 0 Å². The zero-order valence-corrected chi connectivity index (χ0v) is 13.6. The lowest BCUT2D eigenvalue weighted by molar-refractivity contribution is -0.131. The number of aliphatic carboxylic acids is 1. The molecule has 4 nitrogen and oxygen atoms in total. The minimum Gasteiger partial charge on any atom is -0.478 e. The van der Waals surface area contributed by atoms with E-state index >= 15 is 0 Å². The number of halogens is 1. The molecule has 0 bridgehead atoms. The molecule has 1 aromatic carbocycles. The normalized spacial score (nSPS) is 11.2. The van der Waals surface area contributed by atoms with Crippen LogP contribution in [0.1, 0.15) is 19.4 Å². The Morgan fingerprint density at radius 1 is 1.50 bits per heavy atom. The molecule has 1 aromatic rings. The molecule has 0 aliphatic rings. The second-order valence-electron chi connectivity index (χ2n) is 4.65. The van der Waals surface area contributed by atoms with Gasteiger partial charge in [-0.05, 0) is 37.6 Å². The van der Waals surface area contributed by atoms with Gasteiger partial charge >= 0.3 is 5.97 Å². The van der Waals surface area contributed by atoms with Crippen LogP contribution in [0.3, 0.4) is 0 Å². The topological polar surface area (TPSA) is 49.8 Å². The summed E-state index contributed by atoms with van der Waals surface area (Å²) in [5, 5.41) is 8.78. The molecule has 0 saturated carbocycles. The van der Waals surface area contributed by atoms with E-state index in [9.17, 15) is 4.79 Å². The van der Waals surface area contributed by atoms with E-state index < -0.39 is 5.97 Å². The summed E-state index contributed by atoms with van der Waals surface area (Å²) >= 11 is 3.46. The first-order chi connectivity index (χ1) is 9.45. The van der Waals surface area contributed by atoms with Gasteiger partial charge in [0.1, 0.15) is 0 Å². The molecule has 0 radical (unpaired) electrons. The number of hydrogen-bond acceptors (Lipinski definition) is 3. The first-order valence-corrected chi connectivity index (χ1v) is 7.21. The number of ether oxygens (including phenoxy) is 1. The van der Waals surface area contributed by atoms with Crippen molar-refractivity contribution >= 4 is 33.7 Å². The smallest absolute Gasteiger partial charge is 0.328 e. The number of rotatable bonds is 7. The zero-order valence-electron chi connectivity index (χ0n) is 12.0. The van der Waals surface area contributed by atoms with Crippen LogP contribution in [0.4, 0.5) is 5.69 Å². The van der Waals surface area contributed by atoms with Gasteiger partial charge in [-0.15, -0.1) is 0 Å². The van der Waals surface area contributed by atoms with Crippen molar-refractivity contribution in [3.63, 3.8) is 0 Å². The average molecular weight is 342 g/mol. The van der Waals surface area contributed by atoms with E-state index in [1.54, 1.807) is 13.2 Å². The molecule has 0 spiro atoms. The second kappa shape index (κ2) is 8.07. The highest BCUT2D eigenvalue weighted by Gasteiger charge is 2.14. The Labute approximate surface area is 128 Å². The van der Waals surface area contributed by atoms with Gasteiger partial charge in [0.05, 0.1) is 6.61 Å². The Bertz CT molecular complexity index is 486. The molecular weight excluding hydrogens is 322 g/mol. The van der Waals surface area contributed by atoms with Crippen LogP contribution in [0.2, 0.25) is 0 Å². The van der Waals surface area contributed by atoms with Crippen LogP contribution in [0.25, 0.3) is 6.08 Å². The maximum atomic E-state index is 10.7.